The Bertz CT molecular complexity index is 430. The first-order valence-electron chi connectivity index (χ1n) is 6.76. The Balaban J connectivity index is 1.93. The molecule has 0 aromatic heterocycles. The molecule has 1 rings (SSSR count). The first-order valence-corrected chi connectivity index (χ1v) is 7.54. The first kappa shape index (κ1) is 16.6. The van der Waals surface area contributed by atoms with Gasteiger partial charge in [0.2, 0.25) is 0 Å². The zero-order chi connectivity index (χ0) is 14.8. The maximum Gasteiger partial charge on any atom is 0.333 e. The highest BCUT2D eigenvalue weighted by atomic mass is 32.2. The monoisotopic (exact) mass is 296 g/mol. The Labute approximate surface area is 123 Å². The van der Waals surface area contributed by atoms with Gasteiger partial charge in [-0.05, 0) is 26.2 Å². The molecule has 0 radical (unpaired) electrons. The van der Waals surface area contributed by atoms with Gasteiger partial charge in [-0.15, -0.1) is 9.63 Å². The highest BCUT2D eigenvalue weighted by Gasteiger charge is 2.14. The number of rotatable bonds is 9. The van der Waals surface area contributed by atoms with Gasteiger partial charge in [-0.3, -0.25) is 4.79 Å². The third kappa shape index (κ3) is 6.65. The molecule has 0 saturated heterocycles. The van der Waals surface area contributed by atoms with Crippen LogP contribution in [-0.4, -0.2) is 17.7 Å². The van der Waals surface area contributed by atoms with Crippen LogP contribution in [0, 0.1) is 0 Å². The van der Waals surface area contributed by atoms with Gasteiger partial charge < -0.3 is 4.74 Å². The van der Waals surface area contributed by atoms with E-state index in [4.69, 9.17) is 4.74 Å². The van der Waals surface area contributed by atoms with Gasteiger partial charge in [0.25, 0.3) is 5.12 Å². The van der Waals surface area contributed by atoms with Crippen LogP contribution in [0.5, 0.6) is 0 Å². The minimum Gasteiger partial charge on any atom is -0.462 e. The summed E-state index contributed by atoms with van der Waals surface area (Å²) in [6.07, 6.45) is 7.83. The highest BCUT2D eigenvalue weighted by Crippen LogP contribution is 2.23. The predicted octanol–water partition coefficient (Wildman–Crippen LogP) is 3.97. The van der Waals surface area contributed by atoms with Gasteiger partial charge in [-0.2, -0.15) is 0 Å². The quantitative estimate of drug-likeness (QED) is 0.279. The number of ether oxygens (including phenoxy) is 1. The second-order valence-corrected chi connectivity index (χ2v) is 5.34. The number of carbonyl (C=O) groups is 2. The Morgan fingerprint density at radius 3 is 2.65 bits per heavy atom. The molecular formula is C14H20N2O3S. The van der Waals surface area contributed by atoms with E-state index in [9.17, 15) is 9.59 Å². The summed E-state index contributed by atoms with van der Waals surface area (Å²) in [7, 11) is 0. The van der Waals surface area contributed by atoms with E-state index in [-0.39, 0.29) is 11.1 Å². The average Bonchev–Trinajstić information content (AvgIpc) is 2.82. The van der Waals surface area contributed by atoms with E-state index in [2.05, 4.69) is 16.2 Å². The van der Waals surface area contributed by atoms with E-state index in [1.54, 1.807) is 6.92 Å². The van der Waals surface area contributed by atoms with Gasteiger partial charge in [-0.1, -0.05) is 31.9 Å². The topological polar surface area (TPSA) is 68.1 Å². The van der Waals surface area contributed by atoms with Crippen LogP contribution in [0.15, 0.2) is 33.6 Å². The zero-order valence-corrected chi connectivity index (χ0v) is 12.6. The second kappa shape index (κ2) is 9.47. The molecule has 0 aromatic rings. The number of nitrogens with zero attached hydrogens (tertiary/aromatic N) is 2. The molecule has 0 amide bonds. The van der Waals surface area contributed by atoms with Crippen LogP contribution < -0.4 is 0 Å². The fraction of sp³-hybridized carbons (Fsp3) is 0.571. The molecule has 0 unspecified atom stereocenters. The van der Waals surface area contributed by atoms with Crippen LogP contribution in [0.2, 0.25) is 0 Å². The highest BCUT2D eigenvalue weighted by molar-refractivity contribution is 8.13. The number of esters is 1. The molecule has 1 heterocycles. The third-order valence-corrected chi connectivity index (χ3v) is 3.29. The van der Waals surface area contributed by atoms with Crippen molar-refractivity contribution >= 4 is 23.0 Å². The molecular weight excluding hydrogens is 276 g/mol. The number of carbonyl (C=O) groups excluding carboxylic acids is 2. The van der Waals surface area contributed by atoms with E-state index < -0.39 is 0 Å². The summed E-state index contributed by atoms with van der Waals surface area (Å²) in [6.45, 7) is 5.63. The van der Waals surface area contributed by atoms with E-state index >= 15 is 0 Å². The van der Waals surface area contributed by atoms with E-state index in [0.717, 1.165) is 50.5 Å². The molecule has 6 heteroatoms. The molecule has 1 aliphatic heterocycles. The van der Waals surface area contributed by atoms with Crippen molar-refractivity contribution in [1.29, 1.82) is 0 Å². The Morgan fingerprint density at radius 2 is 2.00 bits per heavy atom. The van der Waals surface area contributed by atoms with Crippen LogP contribution in [0.25, 0.3) is 0 Å². The van der Waals surface area contributed by atoms with Gasteiger partial charge in [0.05, 0.1) is 18.6 Å². The SMILES string of the molecule is C=C(C)C(=O)OCCCCCCCC=C1N=NSC1=O. The summed E-state index contributed by atoms with van der Waals surface area (Å²) < 4.78 is 8.60. The largest absolute Gasteiger partial charge is 0.462 e. The van der Waals surface area contributed by atoms with Gasteiger partial charge in [0, 0.05) is 5.57 Å². The van der Waals surface area contributed by atoms with Gasteiger partial charge in [0.1, 0.15) is 5.70 Å². The average molecular weight is 296 g/mol. The van der Waals surface area contributed by atoms with E-state index in [1.165, 1.54) is 0 Å². The molecule has 0 bridgehead atoms. The van der Waals surface area contributed by atoms with Crippen molar-refractivity contribution in [2.75, 3.05) is 6.61 Å². The predicted molar refractivity (Wildman–Crippen MR) is 79.0 cm³/mol. The smallest absolute Gasteiger partial charge is 0.333 e. The van der Waals surface area contributed by atoms with Crippen molar-refractivity contribution < 1.29 is 14.3 Å². The summed E-state index contributed by atoms with van der Waals surface area (Å²) in [5.74, 6) is -0.315. The van der Waals surface area contributed by atoms with Crippen LogP contribution in [-0.2, 0) is 14.3 Å². The lowest BCUT2D eigenvalue weighted by atomic mass is 10.1. The fourth-order valence-electron chi connectivity index (χ4n) is 1.62. The molecule has 0 aromatic carbocycles. The lowest BCUT2D eigenvalue weighted by molar-refractivity contribution is -0.139. The molecule has 20 heavy (non-hydrogen) atoms. The summed E-state index contributed by atoms with van der Waals surface area (Å²) in [5, 5.41) is 3.68. The zero-order valence-electron chi connectivity index (χ0n) is 11.8. The number of hydrogen-bond donors (Lipinski definition) is 0. The Kier molecular flexibility index (Phi) is 7.87. The molecule has 0 spiro atoms. The van der Waals surface area contributed by atoms with Crippen LogP contribution >= 0.6 is 11.9 Å². The first-order chi connectivity index (χ1) is 9.61. The van der Waals surface area contributed by atoms with Gasteiger partial charge in [0.15, 0.2) is 0 Å². The molecule has 0 aliphatic carbocycles. The van der Waals surface area contributed by atoms with Gasteiger partial charge >= 0.3 is 5.97 Å². The standard InChI is InChI=1S/C14H20N2O3S/c1-11(2)13(17)19-10-8-6-4-3-5-7-9-12-14(18)20-16-15-12/h9H,1,3-8,10H2,2H3. The maximum absolute atomic E-state index is 11.2. The second-order valence-electron chi connectivity index (χ2n) is 4.62. The number of unbranched alkanes of at least 4 members (excludes halogenated alkanes) is 5. The van der Waals surface area contributed by atoms with Crippen molar-refractivity contribution in [2.24, 2.45) is 9.63 Å². The maximum atomic E-state index is 11.2. The number of hydrogen-bond acceptors (Lipinski definition) is 6. The molecule has 0 atom stereocenters. The van der Waals surface area contributed by atoms with Crippen molar-refractivity contribution in [3.05, 3.63) is 23.9 Å². The molecule has 0 fully saturated rings. The minimum atomic E-state index is -0.315. The number of allylic oxidation sites excluding steroid dienone is 1. The van der Waals surface area contributed by atoms with Crippen molar-refractivity contribution in [1.82, 2.24) is 0 Å². The normalized spacial score (nSPS) is 15.8. The Hall–Kier alpha value is -1.43. The van der Waals surface area contributed by atoms with Crippen molar-refractivity contribution in [2.45, 2.75) is 45.4 Å². The summed E-state index contributed by atoms with van der Waals surface area (Å²) in [6, 6.07) is 0. The van der Waals surface area contributed by atoms with Crippen molar-refractivity contribution in [3.8, 4) is 0 Å². The van der Waals surface area contributed by atoms with E-state index in [0.29, 0.717) is 17.9 Å². The molecule has 1 aliphatic rings. The van der Waals surface area contributed by atoms with Crippen LogP contribution in [0.1, 0.15) is 45.4 Å². The van der Waals surface area contributed by atoms with Crippen molar-refractivity contribution in [3.63, 3.8) is 0 Å². The molecule has 0 saturated carbocycles. The van der Waals surface area contributed by atoms with Crippen LogP contribution in [0.3, 0.4) is 0 Å². The molecule has 110 valence electrons. The summed E-state index contributed by atoms with van der Waals surface area (Å²) >= 11 is 0.891. The van der Waals surface area contributed by atoms with Gasteiger partial charge in [-0.25, -0.2) is 4.79 Å². The van der Waals surface area contributed by atoms with E-state index in [1.807, 2.05) is 6.08 Å². The minimum absolute atomic E-state index is 0.0654. The summed E-state index contributed by atoms with van der Waals surface area (Å²) in [4.78, 5) is 22.3. The molecule has 5 nitrogen and oxygen atoms in total. The lowest BCUT2D eigenvalue weighted by Crippen LogP contribution is -2.05. The molecule has 0 N–H and O–H groups in total. The van der Waals surface area contributed by atoms with Crippen LogP contribution in [0.4, 0.5) is 0 Å². The fourth-order valence-corrected chi connectivity index (χ4v) is 2.04. The Morgan fingerprint density at radius 1 is 1.30 bits per heavy atom. The lowest BCUT2D eigenvalue weighted by Gasteiger charge is -2.03. The summed E-state index contributed by atoms with van der Waals surface area (Å²) in [5.41, 5.74) is 0.913. The third-order valence-electron chi connectivity index (χ3n) is 2.75.